The van der Waals surface area contributed by atoms with Gasteiger partial charge in [-0.15, -0.1) is 11.3 Å². The molecular weight excluding hydrogens is 687 g/mol. The first-order valence-corrected chi connectivity index (χ1v) is 19.5. The van der Waals surface area contributed by atoms with Gasteiger partial charge in [0.25, 0.3) is 0 Å². The number of para-hydroxylation sites is 1. The molecule has 0 atom stereocenters. The molecule has 0 aliphatic rings. The van der Waals surface area contributed by atoms with Crippen LogP contribution < -0.4 is 4.90 Å². The molecule has 9 aromatic carbocycles. The summed E-state index contributed by atoms with van der Waals surface area (Å²) >= 11 is 1.86. The van der Waals surface area contributed by atoms with Crippen molar-refractivity contribution in [3.63, 3.8) is 0 Å². The van der Waals surface area contributed by atoms with Gasteiger partial charge in [0.05, 0.1) is 11.1 Å². The predicted molar refractivity (Wildman–Crippen MR) is 235 cm³/mol. The van der Waals surface area contributed by atoms with Gasteiger partial charge in [-0.1, -0.05) is 146 Å². The van der Waals surface area contributed by atoms with E-state index in [0.717, 1.165) is 44.4 Å². The van der Waals surface area contributed by atoms with Gasteiger partial charge in [0.15, 0.2) is 0 Å². The summed E-state index contributed by atoms with van der Waals surface area (Å²) in [6.07, 6.45) is 0. The Morgan fingerprint density at radius 2 is 0.945 bits per heavy atom. The molecule has 11 rings (SSSR count). The molecule has 0 aliphatic heterocycles. The van der Waals surface area contributed by atoms with Crippen LogP contribution in [0.1, 0.15) is 0 Å². The normalized spacial score (nSPS) is 11.6. The molecule has 0 saturated heterocycles. The Labute approximate surface area is 322 Å². The van der Waals surface area contributed by atoms with Crippen LogP contribution in [-0.4, -0.2) is 0 Å². The molecule has 0 saturated carbocycles. The summed E-state index contributed by atoms with van der Waals surface area (Å²) < 4.78 is 9.46. The molecule has 3 heteroatoms. The van der Waals surface area contributed by atoms with E-state index < -0.39 is 0 Å². The number of furan rings is 1. The smallest absolute Gasteiger partial charge is 0.143 e. The van der Waals surface area contributed by atoms with Crippen LogP contribution in [0.4, 0.5) is 17.1 Å². The van der Waals surface area contributed by atoms with E-state index in [0.29, 0.717) is 0 Å². The molecule has 2 aromatic heterocycles. The summed E-state index contributed by atoms with van der Waals surface area (Å²) in [6, 6.07) is 72.0. The summed E-state index contributed by atoms with van der Waals surface area (Å²) in [5, 5.41) is 7.11. The third-order valence-corrected chi connectivity index (χ3v) is 12.0. The van der Waals surface area contributed by atoms with E-state index in [1.165, 1.54) is 58.9 Å². The van der Waals surface area contributed by atoms with Gasteiger partial charge < -0.3 is 9.32 Å². The standard InChI is InChI=1S/C52H33NOS/c1-3-13-34(14-4-1)35-29-31-39(32-30-35)53(38-15-5-2-6-16-38)46-21-12-22-47-51(46)45-33-44(41-17-7-8-18-42(41)52(45)54-47)37-27-25-36(26-28-37)40-20-11-24-49-50(40)43-19-9-10-23-48(43)55-49/h1-33H. The van der Waals surface area contributed by atoms with E-state index in [1.807, 2.05) is 11.3 Å². The third kappa shape index (κ3) is 5.24. The van der Waals surface area contributed by atoms with Crippen LogP contribution in [0.5, 0.6) is 0 Å². The summed E-state index contributed by atoms with van der Waals surface area (Å²) in [7, 11) is 0. The van der Waals surface area contributed by atoms with Crippen molar-refractivity contribution in [1.82, 2.24) is 0 Å². The lowest BCUT2D eigenvalue weighted by atomic mass is 9.93. The lowest BCUT2D eigenvalue weighted by molar-refractivity contribution is 0.672. The Hall–Kier alpha value is -6.94. The second-order valence-corrected chi connectivity index (χ2v) is 15.1. The first kappa shape index (κ1) is 31.6. The second kappa shape index (κ2) is 12.9. The third-order valence-electron chi connectivity index (χ3n) is 10.9. The fourth-order valence-electron chi connectivity index (χ4n) is 8.34. The van der Waals surface area contributed by atoms with Crippen LogP contribution in [0.3, 0.4) is 0 Å². The summed E-state index contributed by atoms with van der Waals surface area (Å²) in [5.41, 5.74) is 12.2. The maximum Gasteiger partial charge on any atom is 0.143 e. The number of hydrogen-bond donors (Lipinski definition) is 0. The van der Waals surface area contributed by atoms with Crippen molar-refractivity contribution in [2.75, 3.05) is 4.90 Å². The van der Waals surface area contributed by atoms with E-state index in [-0.39, 0.29) is 0 Å². The zero-order valence-electron chi connectivity index (χ0n) is 29.8. The molecule has 2 heterocycles. The number of rotatable bonds is 6. The molecule has 55 heavy (non-hydrogen) atoms. The molecule has 2 nitrogen and oxygen atoms in total. The lowest BCUT2D eigenvalue weighted by Crippen LogP contribution is -2.10. The van der Waals surface area contributed by atoms with E-state index in [4.69, 9.17) is 4.42 Å². The highest BCUT2D eigenvalue weighted by molar-refractivity contribution is 7.25. The van der Waals surface area contributed by atoms with Crippen molar-refractivity contribution in [2.24, 2.45) is 0 Å². The summed E-state index contributed by atoms with van der Waals surface area (Å²) in [5.74, 6) is 0. The van der Waals surface area contributed by atoms with Gasteiger partial charge >= 0.3 is 0 Å². The number of hydrogen-bond acceptors (Lipinski definition) is 3. The van der Waals surface area contributed by atoms with Crippen LogP contribution in [0.15, 0.2) is 205 Å². The van der Waals surface area contributed by atoms with Crippen molar-refractivity contribution < 1.29 is 4.42 Å². The zero-order valence-corrected chi connectivity index (χ0v) is 30.6. The predicted octanol–water partition coefficient (Wildman–Crippen LogP) is 15.6. The number of anilines is 3. The fourth-order valence-corrected chi connectivity index (χ4v) is 9.47. The molecule has 11 aromatic rings. The van der Waals surface area contributed by atoms with Gasteiger partial charge in [0, 0.05) is 42.3 Å². The summed E-state index contributed by atoms with van der Waals surface area (Å²) in [6.45, 7) is 0. The van der Waals surface area contributed by atoms with E-state index >= 15 is 0 Å². The van der Waals surface area contributed by atoms with Gasteiger partial charge in [-0.25, -0.2) is 0 Å². The van der Waals surface area contributed by atoms with Crippen LogP contribution in [0.25, 0.3) is 86.3 Å². The van der Waals surface area contributed by atoms with Gasteiger partial charge in [-0.2, -0.15) is 0 Å². The number of fused-ring (bicyclic) bond motifs is 8. The minimum Gasteiger partial charge on any atom is -0.455 e. The summed E-state index contributed by atoms with van der Waals surface area (Å²) in [4.78, 5) is 2.35. The Morgan fingerprint density at radius 3 is 1.73 bits per heavy atom. The van der Waals surface area contributed by atoms with Crippen molar-refractivity contribution >= 4 is 81.3 Å². The molecule has 0 radical (unpaired) electrons. The maximum atomic E-state index is 6.82. The van der Waals surface area contributed by atoms with Crippen LogP contribution in [0.2, 0.25) is 0 Å². The molecule has 0 spiro atoms. The molecule has 0 bridgehead atoms. The van der Waals surface area contributed by atoms with Crippen LogP contribution >= 0.6 is 11.3 Å². The Bertz CT molecular complexity index is 3180. The number of nitrogens with zero attached hydrogens (tertiary/aromatic N) is 1. The Balaban J connectivity index is 1.09. The molecule has 0 unspecified atom stereocenters. The van der Waals surface area contributed by atoms with E-state index in [9.17, 15) is 0 Å². The molecule has 0 fully saturated rings. The molecule has 0 N–H and O–H groups in total. The SMILES string of the molecule is c1ccc(-c2ccc(N(c3ccccc3)c3cccc4oc5c6ccccc6c(-c6ccc(-c7cccc8sc9ccccc9c78)cc6)cc5c34)cc2)cc1. The largest absolute Gasteiger partial charge is 0.455 e. The average Bonchev–Trinajstić information content (AvgIpc) is 3.84. The van der Waals surface area contributed by atoms with Crippen LogP contribution in [0, 0.1) is 0 Å². The molecule has 258 valence electrons. The highest BCUT2D eigenvalue weighted by atomic mass is 32.1. The first-order chi connectivity index (χ1) is 27.3. The van der Waals surface area contributed by atoms with Crippen molar-refractivity contribution in [2.45, 2.75) is 0 Å². The van der Waals surface area contributed by atoms with E-state index in [2.05, 4.69) is 205 Å². The van der Waals surface area contributed by atoms with Crippen molar-refractivity contribution in [3.8, 4) is 33.4 Å². The number of benzene rings is 9. The average molecular weight is 720 g/mol. The highest BCUT2D eigenvalue weighted by Crippen LogP contribution is 2.47. The molecule has 0 aliphatic carbocycles. The lowest BCUT2D eigenvalue weighted by Gasteiger charge is -2.26. The monoisotopic (exact) mass is 719 g/mol. The van der Waals surface area contributed by atoms with Crippen molar-refractivity contribution in [1.29, 1.82) is 0 Å². The van der Waals surface area contributed by atoms with Crippen molar-refractivity contribution in [3.05, 3.63) is 200 Å². The quantitative estimate of drug-likeness (QED) is 0.170. The minimum atomic E-state index is 0.864. The van der Waals surface area contributed by atoms with Gasteiger partial charge in [0.1, 0.15) is 11.2 Å². The molecular formula is C52H33NOS. The van der Waals surface area contributed by atoms with Crippen LogP contribution in [-0.2, 0) is 0 Å². The topological polar surface area (TPSA) is 16.4 Å². The zero-order chi connectivity index (χ0) is 36.3. The molecule has 0 amide bonds. The van der Waals surface area contributed by atoms with Gasteiger partial charge in [-0.3, -0.25) is 0 Å². The number of thiophene rings is 1. The Morgan fingerprint density at radius 1 is 0.364 bits per heavy atom. The van der Waals surface area contributed by atoms with Gasteiger partial charge in [0.2, 0.25) is 0 Å². The maximum absolute atomic E-state index is 6.82. The van der Waals surface area contributed by atoms with Gasteiger partial charge in [-0.05, 0) is 93.4 Å². The fraction of sp³-hybridized carbons (Fsp3) is 0. The second-order valence-electron chi connectivity index (χ2n) is 14.0. The Kier molecular flexibility index (Phi) is 7.39. The van der Waals surface area contributed by atoms with E-state index in [1.54, 1.807) is 0 Å². The first-order valence-electron chi connectivity index (χ1n) is 18.7. The highest BCUT2D eigenvalue weighted by Gasteiger charge is 2.22. The minimum absolute atomic E-state index is 0.864.